The maximum atomic E-state index is 9.68. The highest BCUT2D eigenvalue weighted by Gasteiger charge is 2.13. The standard InChI is InChI=1S/C14H14N4O/c1-10(19)12-13-14(16-8-15-12)18(9-17-13)7-11-5-3-2-4-6-11/h2-6,8-10,19H,7H2,1H3. The number of rotatable bonds is 3. The van der Waals surface area contributed by atoms with Crippen molar-refractivity contribution in [2.24, 2.45) is 0 Å². The van der Waals surface area contributed by atoms with Gasteiger partial charge in [0.2, 0.25) is 0 Å². The fourth-order valence-electron chi connectivity index (χ4n) is 2.10. The SMILES string of the molecule is CC(O)c1ncnc2c1ncn2Cc1ccccc1. The van der Waals surface area contributed by atoms with Gasteiger partial charge in [-0.05, 0) is 12.5 Å². The minimum Gasteiger partial charge on any atom is -0.387 e. The molecule has 0 radical (unpaired) electrons. The first-order chi connectivity index (χ1) is 9.25. The molecule has 0 aliphatic carbocycles. The van der Waals surface area contributed by atoms with Crippen molar-refractivity contribution in [3.05, 3.63) is 54.2 Å². The highest BCUT2D eigenvalue weighted by molar-refractivity contribution is 5.73. The summed E-state index contributed by atoms with van der Waals surface area (Å²) in [5.41, 5.74) is 3.15. The Morgan fingerprint density at radius 1 is 1.16 bits per heavy atom. The summed E-state index contributed by atoms with van der Waals surface area (Å²) in [4.78, 5) is 12.7. The summed E-state index contributed by atoms with van der Waals surface area (Å²) in [5, 5.41) is 9.68. The molecule has 0 saturated heterocycles. The highest BCUT2D eigenvalue weighted by Crippen LogP contribution is 2.19. The minimum atomic E-state index is -0.648. The molecule has 3 rings (SSSR count). The van der Waals surface area contributed by atoms with Crippen molar-refractivity contribution in [3.8, 4) is 0 Å². The van der Waals surface area contributed by atoms with Gasteiger partial charge in [0.1, 0.15) is 11.8 Å². The monoisotopic (exact) mass is 254 g/mol. The van der Waals surface area contributed by atoms with E-state index in [0.717, 1.165) is 5.65 Å². The Kier molecular flexibility index (Phi) is 2.97. The van der Waals surface area contributed by atoms with Crippen LogP contribution in [0.3, 0.4) is 0 Å². The van der Waals surface area contributed by atoms with Crippen LogP contribution < -0.4 is 0 Å². The molecule has 1 aromatic carbocycles. The van der Waals surface area contributed by atoms with Crippen LogP contribution in [0.15, 0.2) is 43.0 Å². The van der Waals surface area contributed by atoms with E-state index in [2.05, 4.69) is 27.1 Å². The lowest BCUT2D eigenvalue weighted by atomic mass is 10.2. The topological polar surface area (TPSA) is 63.8 Å². The third-order valence-electron chi connectivity index (χ3n) is 3.02. The number of aliphatic hydroxyl groups is 1. The average Bonchev–Trinajstić information content (AvgIpc) is 2.83. The van der Waals surface area contributed by atoms with Gasteiger partial charge in [-0.2, -0.15) is 0 Å². The van der Waals surface area contributed by atoms with Gasteiger partial charge in [0, 0.05) is 0 Å². The maximum absolute atomic E-state index is 9.68. The second-order valence-corrected chi connectivity index (χ2v) is 4.47. The predicted octanol–water partition coefficient (Wildman–Crippen LogP) is 1.93. The summed E-state index contributed by atoms with van der Waals surface area (Å²) in [6, 6.07) is 10.1. The summed E-state index contributed by atoms with van der Waals surface area (Å²) in [7, 11) is 0. The van der Waals surface area contributed by atoms with Crippen molar-refractivity contribution in [1.29, 1.82) is 0 Å². The van der Waals surface area contributed by atoms with E-state index in [9.17, 15) is 5.11 Å². The molecule has 0 aliphatic heterocycles. The molecule has 0 fully saturated rings. The first kappa shape index (κ1) is 11.8. The van der Waals surface area contributed by atoms with Gasteiger partial charge in [-0.3, -0.25) is 0 Å². The molecule has 5 nitrogen and oxygen atoms in total. The number of aliphatic hydroxyl groups excluding tert-OH is 1. The minimum absolute atomic E-state index is 0.566. The molecule has 1 atom stereocenters. The van der Waals surface area contributed by atoms with Gasteiger partial charge in [0.05, 0.1) is 24.7 Å². The lowest BCUT2D eigenvalue weighted by molar-refractivity contribution is 0.195. The molecule has 5 heteroatoms. The fourth-order valence-corrected chi connectivity index (χ4v) is 2.10. The van der Waals surface area contributed by atoms with Crippen LogP contribution in [-0.4, -0.2) is 24.6 Å². The zero-order valence-corrected chi connectivity index (χ0v) is 10.6. The van der Waals surface area contributed by atoms with Crippen LogP contribution in [0, 0.1) is 0 Å². The van der Waals surface area contributed by atoms with Crippen LogP contribution in [0.25, 0.3) is 11.2 Å². The largest absolute Gasteiger partial charge is 0.387 e. The van der Waals surface area contributed by atoms with Crippen LogP contribution in [0.4, 0.5) is 0 Å². The maximum Gasteiger partial charge on any atom is 0.163 e. The van der Waals surface area contributed by atoms with Crippen LogP contribution in [0.1, 0.15) is 24.3 Å². The van der Waals surface area contributed by atoms with Crippen molar-refractivity contribution in [2.45, 2.75) is 19.6 Å². The molecular weight excluding hydrogens is 240 g/mol. The molecule has 0 amide bonds. The van der Waals surface area contributed by atoms with E-state index in [1.54, 1.807) is 13.3 Å². The van der Waals surface area contributed by atoms with Crippen LogP contribution in [0.2, 0.25) is 0 Å². The average molecular weight is 254 g/mol. The van der Waals surface area contributed by atoms with Crippen molar-refractivity contribution in [2.75, 3.05) is 0 Å². The smallest absolute Gasteiger partial charge is 0.163 e. The van der Waals surface area contributed by atoms with Gasteiger partial charge in [-0.25, -0.2) is 15.0 Å². The molecule has 1 N–H and O–H groups in total. The summed E-state index contributed by atoms with van der Waals surface area (Å²) in [6.07, 6.45) is 2.55. The van der Waals surface area contributed by atoms with Gasteiger partial charge in [0.15, 0.2) is 5.65 Å². The Morgan fingerprint density at radius 3 is 2.68 bits per heavy atom. The normalized spacial score (nSPS) is 12.7. The van der Waals surface area contributed by atoms with Gasteiger partial charge >= 0.3 is 0 Å². The Bertz CT molecular complexity index is 691. The van der Waals surface area contributed by atoms with Gasteiger partial charge in [-0.1, -0.05) is 30.3 Å². The summed E-state index contributed by atoms with van der Waals surface area (Å²) in [5.74, 6) is 0. The number of imidazole rings is 1. The van der Waals surface area contributed by atoms with Crippen molar-refractivity contribution in [3.63, 3.8) is 0 Å². The van der Waals surface area contributed by atoms with Crippen molar-refractivity contribution >= 4 is 11.2 Å². The van der Waals surface area contributed by atoms with Crippen LogP contribution >= 0.6 is 0 Å². The lowest BCUT2D eigenvalue weighted by Gasteiger charge is -2.05. The lowest BCUT2D eigenvalue weighted by Crippen LogP contribution is -2.02. The first-order valence-corrected chi connectivity index (χ1v) is 6.13. The van der Waals surface area contributed by atoms with Gasteiger partial charge in [-0.15, -0.1) is 0 Å². The number of hydrogen-bond acceptors (Lipinski definition) is 4. The molecule has 0 spiro atoms. The zero-order chi connectivity index (χ0) is 13.2. The highest BCUT2D eigenvalue weighted by atomic mass is 16.3. The fraction of sp³-hybridized carbons (Fsp3) is 0.214. The molecule has 19 heavy (non-hydrogen) atoms. The van der Waals surface area contributed by atoms with Crippen LogP contribution in [-0.2, 0) is 6.54 Å². The summed E-state index contributed by atoms with van der Waals surface area (Å²) < 4.78 is 1.96. The number of benzene rings is 1. The third kappa shape index (κ3) is 2.20. The Hall–Kier alpha value is -2.27. The molecule has 2 aromatic heterocycles. The number of nitrogens with zero attached hydrogens (tertiary/aromatic N) is 4. The first-order valence-electron chi connectivity index (χ1n) is 6.13. The molecule has 1 unspecified atom stereocenters. The number of fused-ring (bicyclic) bond motifs is 1. The second kappa shape index (κ2) is 4.78. The Balaban J connectivity index is 2.04. The van der Waals surface area contributed by atoms with E-state index in [1.807, 2.05) is 22.8 Å². The number of aromatic nitrogens is 4. The molecule has 0 bridgehead atoms. The molecule has 96 valence electrons. The third-order valence-corrected chi connectivity index (χ3v) is 3.02. The van der Waals surface area contributed by atoms with E-state index in [4.69, 9.17) is 0 Å². The van der Waals surface area contributed by atoms with Crippen molar-refractivity contribution in [1.82, 2.24) is 19.5 Å². The van der Waals surface area contributed by atoms with E-state index >= 15 is 0 Å². The molecular formula is C14H14N4O. The van der Waals surface area contributed by atoms with E-state index in [1.165, 1.54) is 11.9 Å². The quantitative estimate of drug-likeness (QED) is 0.775. The molecule has 0 saturated carbocycles. The predicted molar refractivity (Wildman–Crippen MR) is 71.5 cm³/mol. The van der Waals surface area contributed by atoms with Gasteiger partial charge < -0.3 is 9.67 Å². The number of hydrogen-bond donors (Lipinski definition) is 1. The Labute approximate surface area is 110 Å². The molecule has 0 aliphatic rings. The van der Waals surface area contributed by atoms with E-state index in [-0.39, 0.29) is 0 Å². The van der Waals surface area contributed by atoms with Gasteiger partial charge in [0.25, 0.3) is 0 Å². The van der Waals surface area contributed by atoms with E-state index < -0.39 is 6.10 Å². The summed E-state index contributed by atoms with van der Waals surface area (Å²) >= 11 is 0. The zero-order valence-electron chi connectivity index (χ0n) is 10.6. The second-order valence-electron chi connectivity index (χ2n) is 4.47. The Morgan fingerprint density at radius 2 is 1.95 bits per heavy atom. The van der Waals surface area contributed by atoms with Crippen LogP contribution in [0.5, 0.6) is 0 Å². The molecule has 2 heterocycles. The van der Waals surface area contributed by atoms with E-state index in [0.29, 0.717) is 17.8 Å². The summed E-state index contributed by atoms with van der Waals surface area (Å²) in [6.45, 7) is 2.38. The van der Waals surface area contributed by atoms with Crippen molar-refractivity contribution < 1.29 is 5.11 Å². The molecule has 3 aromatic rings.